The third kappa shape index (κ3) is 4.59. The number of aromatic nitrogens is 2. The van der Waals surface area contributed by atoms with Gasteiger partial charge in [0.15, 0.2) is 5.82 Å². The first-order valence-corrected chi connectivity index (χ1v) is 16.6. The maximum Gasteiger partial charge on any atom is 0.160 e. The average molecular weight is 625 g/mol. The van der Waals surface area contributed by atoms with E-state index in [1.807, 2.05) is 18.2 Å². The van der Waals surface area contributed by atoms with E-state index in [1.165, 1.54) is 32.5 Å². The van der Waals surface area contributed by atoms with Gasteiger partial charge in [0.05, 0.1) is 11.4 Å². The number of nitrogens with zero attached hydrogens (tertiary/aromatic N) is 2. The summed E-state index contributed by atoms with van der Waals surface area (Å²) in [6, 6.07) is 59.8. The van der Waals surface area contributed by atoms with Crippen molar-refractivity contribution in [2.75, 3.05) is 0 Å². The molecule has 0 atom stereocenters. The summed E-state index contributed by atoms with van der Waals surface area (Å²) in [4.78, 5) is 10.6. The van der Waals surface area contributed by atoms with E-state index in [-0.39, 0.29) is 0 Å². The number of benzene rings is 8. The molecule has 0 N–H and O–H groups in total. The first-order valence-electron chi connectivity index (χ1n) is 16.6. The molecule has 0 fully saturated rings. The molecule has 0 saturated heterocycles. The maximum absolute atomic E-state index is 6.18. The summed E-state index contributed by atoms with van der Waals surface area (Å²) in [7, 11) is 0. The zero-order chi connectivity index (χ0) is 32.3. The SMILES string of the molecule is c1ccc(-c2ccc(-c3nc(-c4ccc5oc6ccccc6c5c4)cc(-c4c5ccccc5cc5c4ccc4ccccc45)n3)cc2)cc1. The van der Waals surface area contributed by atoms with Gasteiger partial charge in [-0.15, -0.1) is 0 Å². The van der Waals surface area contributed by atoms with Crippen LogP contribution in [0.15, 0.2) is 174 Å². The Balaban J connectivity index is 1.24. The first-order chi connectivity index (χ1) is 24.3. The number of hydrogen-bond acceptors (Lipinski definition) is 3. The van der Waals surface area contributed by atoms with Crippen molar-refractivity contribution in [1.29, 1.82) is 0 Å². The van der Waals surface area contributed by atoms with Gasteiger partial charge in [0.25, 0.3) is 0 Å². The lowest BCUT2D eigenvalue weighted by Gasteiger charge is -2.15. The van der Waals surface area contributed by atoms with Gasteiger partial charge >= 0.3 is 0 Å². The molecule has 3 nitrogen and oxygen atoms in total. The molecule has 0 bridgehead atoms. The minimum Gasteiger partial charge on any atom is -0.456 e. The molecule has 0 saturated carbocycles. The van der Waals surface area contributed by atoms with Crippen LogP contribution in [0.3, 0.4) is 0 Å². The molecule has 0 radical (unpaired) electrons. The van der Waals surface area contributed by atoms with E-state index in [1.54, 1.807) is 0 Å². The lowest BCUT2D eigenvalue weighted by atomic mass is 9.91. The minimum absolute atomic E-state index is 0.686. The third-order valence-corrected chi connectivity index (χ3v) is 9.67. The van der Waals surface area contributed by atoms with Gasteiger partial charge in [0.2, 0.25) is 0 Å². The maximum atomic E-state index is 6.18. The van der Waals surface area contributed by atoms with Gasteiger partial charge in [0.1, 0.15) is 11.2 Å². The van der Waals surface area contributed by atoms with Crippen LogP contribution in [-0.4, -0.2) is 9.97 Å². The molecule has 8 aromatic carbocycles. The summed E-state index contributed by atoms with van der Waals surface area (Å²) in [5.74, 6) is 0.686. The van der Waals surface area contributed by atoms with E-state index in [0.29, 0.717) is 5.82 Å². The van der Waals surface area contributed by atoms with Crippen LogP contribution in [0.2, 0.25) is 0 Å². The lowest BCUT2D eigenvalue weighted by Crippen LogP contribution is -1.97. The Morgan fingerprint density at radius 2 is 0.959 bits per heavy atom. The van der Waals surface area contributed by atoms with Crippen molar-refractivity contribution >= 4 is 54.3 Å². The highest BCUT2D eigenvalue weighted by Gasteiger charge is 2.18. The van der Waals surface area contributed by atoms with Gasteiger partial charge in [0, 0.05) is 27.5 Å². The Labute approximate surface area is 282 Å². The van der Waals surface area contributed by atoms with Crippen LogP contribution in [-0.2, 0) is 0 Å². The Morgan fingerprint density at radius 3 is 1.82 bits per heavy atom. The van der Waals surface area contributed by atoms with Crippen molar-refractivity contribution in [3.8, 4) is 45.0 Å². The van der Waals surface area contributed by atoms with E-state index >= 15 is 0 Å². The van der Waals surface area contributed by atoms with Gasteiger partial charge in [-0.05, 0) is 79.8 Å². The Kier molecular flexibility index (Phi) is 6.18. The molecule has 10 rings (SSSR count). The fourth-order valence-electron chi connectivity index (χ4n) is 7.28. The molecule has 228 valence electrons. The molecule has 0 spiro atoms. The van der Waals surface area contributed by atoms with Crippen molar-refractivity contribution in [2.45, 2.75) is 0 Å². The summed E-state index contributed by atoms with van der Waals surface area (Å²) < 4.78 is 6.18. The highest BCUT2D eigenvalue weighted by Crippen LogP contribution is 2.41. The Hall–Kier alpha value is -6.58. The number of fused-ring (bicyclic) bond motifs is 7. The molecule has 49 heavy (non-hydrogen) atoms. The Bertz CT molecular complexity index is 2870. The molecule has 0 amide bonds. The van der Waals surface area contributed by atoms with Gasteiger partial charge < -0.3 is 4.42 Å². The molecular weight excluding hydrogens is 597 g/mol. The molecule has 2 aromatic heterocycles. The van der Waals surface area contributed by atoms with Crippen LogP contribution in [0.1, 0.15) is 0 Å². The standard InChI is InChI=1S/C46H28N2O/c1-2-10-29(11-3-1)30-18-20-32(21-19-30)46-47-41(34-23-25-44-40(27-34)37-16-8-9-17-43(37)49-44)28-42(48-46)45-36-15-7-5-13-33(36)26-39-35-14-6-4-12-31(35)22-24-38(39)45/h1-28H. The quantitative estimate of drug-likeness (QED) is 0.144. The molecule has 0 aliphatic heterocycles. The van der Waals surface area contributed by atoms with Crippen molar-refractivity contribution < 1.29 is 4.42 Å². The molecular formula is C46H28N2O. The first kappa shape index (κ1) is 27.5. The van der Waals surface area contributed by atoms with E-state index in [9.17, 15) is 0 Å². The predicted molar refractivity (Wildman–Crippen MR) is 204 cm³/mol. The largest absolute Gasteiger partial charge is 0.456 e. The smallest absolute Gasteiger partial charge is 0.160 e. The predicted octanol–water partition coefficient (Wildman–Crippen LogP) is 12.5. The average Bonchev–Trinajstić information content (AvgIpc) is 3.55. The number of para-hydroxylation sites is 1. The summed E-state index contributed by atoms with van der Waals surface area (Å²) in [5.41, 5.74) is 8.92. The highest BCUT2D eigenvalue weighted by atomic mass is 16.3. The van der Waals surface area contributed by atoms with Crippen LogP contribution >= 0.6 is 0 Å². The molecule has 0 aliphatic carbocycles. The van der Waals surface area contributed by atoms with Crippen LogP contribution in [0, 0.1) is 0 Å². The number of hydrogen-bond donors (Lipinski definition) is 0. The summed E-state index contributed by atoms with van der Waals surface area (Å²) in [6.07, 6.45) is 0. The van der Waals surface area contributed by atoms with Crippen molar-refractivity contribution in [1.82, 2.24) is 9.97 Å². The fraction of sp³-hybridized carbons (Fsp3) is 0. The zero-order valence-electron chi connectivity index (χ0n) is 26.5. The summed E-state index contributed by atoms with van der Waals surface area (Å²) >= 11 is 0. The Morgan fingerprint density at radius 1 is 0.327 bits per heavy atom. The van der Waals surface area contributed by atoms with Gasteiger partial charge in [-0.25, -0.2) is 9.97 Å². The normalized spacial score (nSPS) is 11.7. The number of rotatable bonds is 4. The molecule has 10 aromatic rings. The van der Waals surface area contributed by atoms with E-state index < -0.39 is 0 Å². The minimum atomic E-state index is 0.686. The van der Waals surface area contributed by atoms with Crippen molar-refractivity contribution in [3.63, 3.8) is 0 Å². The van der Waals surface area contributed by atoms with Crippen LogP contribution in [0.4, 0.5) is 0 Å². The highest BCUT2D eigenvalue weighted by molar-refractivity contribution is 6.20. The van der Waals surface area contributed by atoms with Crippen LogP contribution < -0.4 is 0 Å². The van der Waals surface area contributed by atoms with E-state index in [2.05, 4.69) is 152 Å². The van der Waals surface area contributed by atoms with E-state index in [0.717, 1.165) is 61.0 Å². The second-order valence-corrected chi connectivity index (χ2v) is 12.6. The van der Waals surface area contributed by atoms with Crippen LogP contribution in [0.5, 0.6) is 0 Å². The molecule has 0 unspecified atom stereocenters. The van der Waals surface area contributed by atoms with E-state index in [4.69, 9.17) is 14.4 Å². The summed E-state index contributed by atoms with van der Waals surface area (Å²) in [5, 5.41) is 9.35. The van der Waals surface area contributed by atoms with Gasteiger partial charge in [-0.2, -0.15) is 0 Å². The lowest BCUT2D eigenvalue weighted by molar-refractivity contribution is 0.669. The molecule has 0 aliphatic rings. The second-order valence-electron chi connectivity index (χ2n) is 12.6. The summed E-state index contributed by atoms with van der Waals surface area (Å²) in [6.45, 7) is 0. The monoisotopic (exact) mass is 624 g/mol. The van der Waals surface area contributed by atoms with Gasteiger partial charge in [-0.1, -0.05) is 133 Å². The number of furan rings is 1. The molecule has 3 heteroatoms. The third-order valence-electron chi connectivity index (χ3n) is 9.67. The zero-order valence-corrected chi connectivity index (χ0v) is 26.5. The van der Waals surface area contributed by atoms with Crippen LogP contribution in [0.25, 0.3) is 99.3 Å². The topological polar surface area (TPSA) is 38.9 Å². The van der Waals surface area contributed by atoms with Crippen molar-refractivity contribution in [3.05, 3.63) is 170 Å². The second kappa shape index (κ2) is 11.0. The fourth-order valence-corrected chi connectivity index (χ4v) is 7.28. The van der Waals surface area contributed by atoms with Crippen molar-refractivity contribution in [2.24, 2.45) is 0 Å². The molecule has 2 heterocycles. The van der Waals surface area contributed by atoms with Gasteiger partial charge in [-0.3, -0.25) is 0 Å².